The van der Waals surface area contributed by atoms with Crippen LogP contribution in [0.15, 0.2) is 41.8 Å². The molecular formula is C14H12N2OS2. The van der Waals surface area contributed by atoms with E-state index in [1.54, 1.807) is 34.8 Å². The fraction of sp³-hybridized carbons (Fsp3) is 0.0714. The molecule has 2 N–H and O–H groups in total. The number of benzene rings is 1. The predicted molar refractivity (Wildman–Crippen MR) is 81.6 cm³/mol. The lowest BCUT2D eigenvalue weighted by molar-refractivity contribution is 0.475. The Balaban J connectivity index is 1.87. The van der Waals surface area contributed by atoms with E-state index in [1.165, 1.54) is 9.75 Å². The molecule has 0 bridgehead atoms. The van der Waals surface area contributed by atoms with E-state index in [0.29, 0.717) is 0 Å². The van der Waals surface area contributed by atoms with Crippen LogP contribution < -0.4 is 5.32 Å². The monoisotopic (exact) mass is 288 g/mol. The number of thiophene rings is 1. The zero-order valence-electron chi connectivity index (χ0n) is 10.3. The van der Waals surface area contributed by atoms with E-state index in [-0.39, 0.29) is 5.75 Å². The molecule has 1 aromatic carbocycles. The number of phenolic OH excluding ortho intramolecular Hbond substituents is 1. The van der Waals surface area contributed by atoms with Crippen LogP contribution >= 0.6 is 22.7 Å². The molecule has 3 nitrogen and oxygen atoms in total. The number of rotatable bonds is 3. The molecule has 0 saturated heterocycles. The third-order valence-corrected chi connectivity index (χ3v) is 4.43. The molecule has 96 valence electrons. The maximum atomic E-state index is 9.26. The van der Waals surface area contributed by atoms with E-state index in [1.807, 2.05) is 18.2 Å². The van der Waals surface area contributed by atoms with Crippen LogP contribution in [0.5, 0.6) is 5.75 Å². The van der Waals surface area contributed by atoms with Gasteiger partial charge < -0.3 is 10.4 Å². The molecule has 3 rings (SSSR count). The fourth-order valence-corrected chi connectivity index (χ4v) is 3.44. The predicted octanol–water partition coefficient (Wildman–Crippen LogP) is 4.63. The molecule has 3 aromatic rings. The van der Waals surface area contributed by atoms with Crippen molar-refractivity contribution in [2.45, 2.75) is 6.92 Å². The Kier molecular flexibility index (Phi) is 3.23. The first-order valence-electron chi connectivity index (χ1n) is 5.80. The maximum absolute atomic E-state index is 9.26. The van der Waals surface area contributed by atoms with Gasteiger partial charge in [0.25, 0.3) is 0 Å². The average molecular weight is 288 g/mol. The van der Waals surface area contributed by atoms with Crippen LogP contribution in [0.3, 0.4) is 0 Å². The molecule has 2 heterocycles. The molecule has 0 unspecified atom stereocenters. The minimum atomic E-state index is 0.264. The lowest BCUT2D eigenvalue weighted by Gasteiger charge is -2.01. The standard InChI is InChI=1S/C14H12N2OS2/c1-9-13(12-3-2-8-18-12)16-14(19-9)15-10-4-6-11(17)7-5-10/h2-8,17H,1H3,(H,15,16). The number of hydrogen-bond donors (Lipinski definition) is 2. The highest BCUT2D eigenvalue weighted by atomic mass is 32.1. The normalized spacial score (nSPS) is 10.6. The molecule has 0 saturated carbocycles. The Morgan fingerprint density at radius 2 is 1.95 bits per heavy atom. The maximum Gasteiger partial charge on any atom is 0.187 e. The Bertz CT molecular complexity index is 672. The topological polar surface area (TPSA) is 45.1 Å². The van der Waals surface area contributed by atoms with Crippen LogP contribution in [-0.2, 0) is 0 Å². The van der Waals surface area contributed by atoms with Crippen molar-refractivity contribution in [1.82, 2.24) is 4.98 Å². The Morgan fingerprint density at radius 3 is 2.63 bits per heavy atom. The first kappa shape index (κ1) is 12.2. The second kappa shape index (κ2) is 5.03. The molecule has 0 amide bonds. The van der Waals surface area contributed by atoms with Crippen LogP contribution in [0.1, 0.15) is 4.88 Å². The minimum Gasteiger partial charge on any atom is -0.508 e. The zero-order chi connectivity index (χ0) is 13.2. The number of phenols is 1. The summed E-state index contributed by atoms with van der Waals surface area (Å²) in [6.07, 6.45) is 0. The fourth-order valence-electron chi connectivity index (χ4n) is 1.76. The van der Waals surface area contributed by atoms with Crippen molar-refractivity contribution in [2.24, 2.45) is 0 Å². The highest BCUT2D eigenvalue weighted by molar-refractivity contribution is 7.17. The lowest BCUT2D eigenvalue weighted by Crippen LogP contribution is -1.88. The molecular weight excluding hydrogens is 276 g/mol. The van der Waals surface area contributed by atoms with Gasteiger partial charge in [-0.25, -0.2) is 4.98 Å². The lowest BCUT2D eigenvalue weighted by atomic mass is 10.3. The van der Waals surface area contributed by atoms with Crippen molar-refractivity contribution in [3.05, 3.63) is 46.7 Å². The third-order valence-electron chi connectivity index (χ3n) is 2.67. The van der Waals surface area contributed by atoms with Crippen molar-refractivity contribution < 1.29 is 5.11 Å². The van der Waals surface area contributed by atoms with Gasteiger partial charge in [0.05, 0.1) is 10.6 Å². The van der Waals surface area contributed by atoms with E-state index in [4.69, 9.17) is 0 Å². The molecule has 0 aliphatic rings. The van der Waals surface area contributed by atoms with Gasteiger partial charge in [-0.2, -0.15) is 0 Å². The van der Waals surface area contributed by atoms with Gasteiger partial charge in [-0.05, 0) is 42.6 Å². The van der Waals surface area contributed by atoms with Crippen LogP contribution in [0.4, 0.5) is 10.8 Å². The number of aromatic hydroxyl groups is 1. The summed E-state index contributed by atoms with van der Waals surface area (Å²) in [4.78, 5) is 7.01. The Hall–Kier alpha value is -1.85. The van der Waals surface area contributed by atoms with Crippen LogP contribution in [-0.4, -0.2) is 10.1 Å². The van der Waals surface area contributed by atoms with E-state index in [0.717, 1.165) is 16.5 Å². The zero-order valence-corrected chi connectivity index (χ0v) is 11.9. The number of aryl methyl sites for hydroxylation is 1. The van der Waals surface area contributed by atoms with Gasteiger partial charge in [0.2, 0.25) is 0 Å². The summed E-state index contributed by atoms with van der Waals surface area (Å²) in [5, 5.41) is 15.4. The van der Waals surface area contributed by atoms with Crippen molar-refractivity contribution in [3.8, 4) is 16.3 Å². The van der Waals surface area contributed by atoms with Gasteiger partial charge in [-0.3, -0.25) is 0 Å². The van der Waals surface area contributed by atoms with Gasteiger partial charge in [-0.1, -0.05) is 6.07 Å². The van der Waals surface area contributed by atoms with E-state index < -0.39 is 0 Å². The summed E-state index contributed by atoms with van der Waals surface area (Å²) in [6, 6.07) is 11.1. The first-order valence-corrected chi connectivity index (χ1v) is 7.49. The molecule has 5 heteroatoms. The smallest absolute Gasteiger partial charge is 0.187 e. The SMILES string of the molecule is Cc1sc(Nc2ccc(O)cc2)nc1-c1cccs1. The van der Waals surface area contributed by atoms with Crippen LogP contribution in [0.2, 0.25) is 0 Å². The summed E-state index contributed by atoms with van der Waals surface area (Å²) in [5.74, 6) is 0.264. The number of hydrogen-bond acceptors (Lipinski definition) is 5. The molecule has 0 fully saturated rings. The molecule has 19 heavy (non-hydrogen) atoms. The Morgan fingerprint density at radius 1 is 1.16 bits per heavy atom. The van der Waals surface area contributed by atoms with Crippen LogP contribution in [0.25, 0.3) is 10.6 Å². The molecule has 0 aliphatic carbocycles. The quantitative estimate of drug-likeness (QED) is 0.691. The summed E-state index contributed by atoms with van der Waals surface area (Å²) in [7, 11) is 0. The highest BCUT2D eigenvalue weighted by Crippen LogP contribution is 2.34. The molecule has 0 atom stereocenters. The highest BCUT2D eigenvalue weighted by Gasteiger charge is 2.10. The molecule has 0 radical (unpaired) electrons. The number of nitrogens with zero attached hydrogens (tertiary/aromatic N) is 1. The summed E-state index contributed by atoms with van der Waals surface area (Å²) < 4.78 is 0. The van der Waals surface area contributed by atoms with E-state index >= 15 is 0 Å². The largest absolute Gasteiger partial charge is 0.508 e. The molecule has 0 aliphatic heterocycles. The van der Waals surface area contributed by atoms with Gasteiger partial charge in [0.1, 0.15) is 5.75 Å². The van der Waals surface area contributed by atoms with Crippen molar-refractivity contribution >= 4 is 33.5 Å². The second-order valence-electron chi connectivity index (χ2n) is 4.07. The van der Waals surface area contributed by atoms with Crippen molar-refractivity contribution in [2.75, 3.05) is 5.32 Å². The van der Waals surface area contributed by atoms with Gasteiger partial charge >= 0.3 is 0 Å². The Labute approximate surface area is 119 Å². The number of aromatic nitrogens is 1. The molecule has 2 aromatic heterocycles. The first-order chi connectivity index (χ1) is 9.22. The van der Waals surface area contributed by atoms with Crippen molar-refractivity contribution in [1.29, 1.82) is 0 Å². The number of anilines is 2. The summed E-state index contributed by atoms with van der Waals surface area (Å²) >= 11 is 3.33. The molecule has 0 spiro atoms. The number of nitrogens with one attached hydrogen (secondary N) is 1. The van der Waals surface area contributed by atoms with E-state index in [9.17, 15) is 5.11 Å². The van der Waals surface area contributed by atoms with E-state index in [2.05, 4.69) is 28.7 Å². The van der Waals surface area contributed by atoms with Gasteiger partial charge in [0, 0.05) is 10.6 Å². The number of thiazole rings is 1. The van der Waals surface area contributed by atoms with Crippen LogP contribution in [0, 0.1) is 6.92 Å². The minimum absolute atomic E-state index is 0.264. The van der Waals surface area contributed by atoms with Crippen molar-refractivity contribution in [3.63, 3.8) is 0 Å². The van der Waals surface area contributed by atoms with Gasteiger partial charge in [0.15, 0.2) is 5.13 Å². The van der Waals surface area contributed by atoms with Gasteiger partial charge in [-0.15, -0.1) is 22.7 Å². The summed E-state index contributed by atoms with van der Waals surface area (Å²) in [5.41, 5.74) is 1.96. The summed E-state index contributed by atoms with van der Waals surface area (Å²) in [6.45, 7) is 2.08. The average Bonchev–Trinajstić information content (AvgIpc) is 3.01. The third kappa shape index (κ3) is 2.62. The second-order valence-corrected chi connectivity index (χ2v) is 6.22.